The van der Waals surface area contributed by atoms with Crippen molar-refractivity contribution < 1.29 is 4.42 Å². The van der Waals surface area contributed by atoms with Crippen LogP contribution in [-0.4, -0.2) is 29.3 Å². The van der Waals surface area contributed by atoms with E-state index in [0.717, 1.165) is 18.3 Å². The van der Waals surface area contributed by atoms with Crippen LogP contribution in [-0.2, 0) is 12.0 Å². The number of rotatable bonds is 6. The van der Waals surface area contributed by atoms with Gasteiger partial charge in [-0.2, -0.15) is 0 Å². The lowest BCUT2D eigenvalue weighted by Gasteiger charge is -2.18. The highest BCUT2D eigenvalue weighted by Crippen LogP contribution is 2.51. The van der Waals surface area contributed by atoms with Gasteiger partial charge in [0.05, 0.1) is 12.7 Å². The molecule has 0 aliphatic heterocycles. The minimum atomic E-state index is -0.0296. The second kappa shape index (κ2) is 9.32. The van der Waals surface area contributed by atoms with Crippen LogP contribution in [0.5, 0.6) is 0 Å². The molecule has 2 aromatic rings. The molecule has 0 unspecified atom stereocenters. The molecule has 0 bridgehead atoms. The molecule has 1 aliphatic carbocycles. The third kappa shape index (κ3) is 6.41. The fourth-order valence-corrected chi connectivity index (χ4v) is 3.80. The normalized spacial score (nSPS) is 15.8. The fourth-order valence-electron chi connectivity index (χ4n) is 2.56. The largest absolute Gasteiger partial charge is 0.443 e. The lowest BCUT2D eigenvalue weighted by molar-refractivity contribution is 0.379. The first-order chi connectivity index (χ1) is 12.4. The Balaban J connectivity index is 0.00000261. The molecule has 0 spiro atoms. The third-order valence-corrected chi connectivity index (χ3v) is 5.88. The van der Waals surface area contributed by atoms with Gasteiger partial charge in [-0.3, -0.25) is 4.99 Å². The van der Waals surface area contributed by atoms with Gasteiger partial charge in [0.15, 0.2) is 5.96 Å². The molecule has 0 amide bonds. The maximum Gasteiger partial charge on any atom is 0.213 e. The molecule has 1 aromatic carbocycles. The topological polar surface area (TPSA) is 62.5 Å². The van der Waals surface area contributed by atoms with Gasteiger partial charge >= 0.3 is 0 Å². The lowest BCUT2D eigenvalue weighted by Crippen LogP contribution is -2.40. The molecule has 1 fully saturated rings. The molecule has 5 nitrogen and oxygen atoms in total. The summed E-state index contributed by atoms with van der Waals surface area (Å²) in [6, 6.07) is 10.6. The maximum absolute atomic E-state index is 5.82. The number of hydrogen-bond acceptors (Lipinski definition) is 4. The Bertz CT molecular complexity index is 751. The maximum atomic E-state index is 5.82. The molecule has 3 rings (SSSR count). The molecule has 1 aliphatic rings. The Morgan fingerprint density at radius 1 is 1.22 bits per heavy atom. The zero-order chi connectivity index (χ0) is 18.6. The van der Waals surface area contributed by atoms with E-state index >= 15 is 0 Å². The van der Waals surface area contributed by atoms with Crippen molar-refractivity contribution in [2.24, 2.45) is 4.99 Å². The second-order valence-electron chi connectivity index (χ2n) is 7.75. The van der Waals surface area contributed by atoms with E-state index in [-0.39, 0.29) is 34.1 Å². The van der Waals surface area contributed by atoms with Crippen LogP contribution in [0.1, 0.15) is 45.3 Å². The average molecular weight is 500 g/mol. The van der Waals surface area contributed by atoms with Crippen LogP contribution in [0.2, 0.25) is 0 Å². The summed E-state index contributed by atoms with van der Waals surface area (Å²) in [6.07, 6.45) is 4.26. The van der Waals surface area contributed by atoms with E-state index in [1.165, 1.54) is 17.7 Å². The van der Waals surface area contributed by atoms with Crippen molar-refractivity contribution in [3.63, 3.8) is 0 Å². The highest BCUT2D eigenvalue weighted by atomic mass is 127. The zero-order valence-electron chi connectivity index (χ0n) is 16.4. The minimum absolute atomic E-state index is 0. The van der Waals surface area contributed by atoms with Crippen LogP contribution < -0.4 is 10.6 Å². The van der Waals surface area contributed by atoms with E-state index in [1.54, 1.807) is 7.05 Å². The van der Waals surface area contributed by atoms with E-state index in [4.69, 9.17) is 4.42 Å². The number of halogens is 1. The van der Waals surface area contributed by atoms with Crippen LogP contribution in [0.3, 0.4) is 0 Å². The fraction of sp³-hybridized carbons (Fsp3) is 0.500. The number of nitrogens with zero attached hydrogens (tertiary/aromatic N) is 2. The molecule has 0 atom stereocenters. The Labute approximate surface area is 183 Å². The van der Waals surface area contributed by atoms with Crippen LogP contribution >= 0.6 is 35.7 Å². The predicted octanol–water partition coefficient (Wildman–Crippen LogP) is 4.58. The van der Waals surface area contributed by atoms with Gasteiger partial charge in [-0.15, -0.1) is 35.7 Å². The van der Waals surface area contributed by atoms with Crippen LogP contribution in [0.15, 0.2) is 50.8 Å². The molecule has 1 aromatic heterocycles. The summed E-state index contributed by atoms with van der Waals surface area (Å²) >= 11 is 1.95. The van der Waals surface area contributed by atoms with E-state index in [2.05, 4.69) is 71.7 Å². The molecule has 0 radical (unpaired) electrons. The van der Waals surface area contributed by atoms with Crippen molar-refractivity contribution in [3.05, 3.63) is 48.2 Å². The summed E-state index contributed by atoms with van der Waals surface area (Å²) in [4.78, 5) is 9.99. The molecule has 148 valence electrons. The molecule has 27 heavy (non-hydrogen) atoms. The van der Waals surface area contributed by atoms with Gasteiger partial charge in [0.25, 0.3) is 0 Å². The minimum Gasteiger partial charge on any atom is -0.443 e. The van der Waals surface area contributed by atoms with Crippen LogP contribution in [0.4, 0.5) is 0 Å². The second-order valence-corrected chi connectivity index (χ2v) is 9.29. The summed E-state index contributed by atoms with van der Waals surface area (Å²) in [7, 11) is 1.79. The number of oxazole rings is 1. The number of hydrogen-bond donors (Lipinski definition) is 2. The summed E-state index contributed by atoms with van der Waals surface area (Å²) in [6.45, 7) is 7.76. The van der Waals surface area contributed by atoms with Gasteiger partial charge in [0.1, 0.15) is 5.76 Å². The van der Waals surface area contributed by atoms with Crippen molar-refractivity contribution in [1.29, 1.82) is 0 Å². The first kappa shape index (κ1) is 22.1. The van der Waals surface area contributed by atoms with Crippen molar-refractivity contribution >= 4 is 41.7 Å². The lowest BCUT2D eigenvalue weighted by atomic mass is 9.94. The number of nitrogens with one attached hydrogen (secondary N) is 2. The van der Waals surface area contributed by atoms with Gasteiger partial charge in [0, 0.05) is 28.6 Å². The molecule has 7 heteroatoms. The number of thioether (sulfide) groups is 1. The van der Waals surface area contributed by atoms with Crippen LogP contribution in [0.25, 0.3) is 0 Å². The van der Waals surface area contributed by atoms with E-state index in [0.29, 0.717) is 12.4 Å². The Hall–Kier alpha value is -1.22. The average Bonchev–Trinajstić information content (AvgIpc) is 3.18. The molecule has 0 saturated heterocycles. The third-order valence-electron chi connectivity index (χ3n) is 4.39. The Morgan fingerprint density at radius 3 is 2.48 bits per heavy atom. The first-order valence-electron chi connectivity index (χ1n) is 9.04. The summed E-state index contributed by atoms with van der Waals surface area (Å²) in [5, 5.41) is 6.74. The standard InChI is InChI=1S/C20H28N4OS.HI/c1-19(2,3)16-12-22-17(25-16)13-23-18(21-4)24-14-20(10-11-20)26-15-8-6-5-7-9-15;/h5-9,12H,10-11,13-14H2,1-4H3,(H2,21,23,24);1H. The summed E-state index contributed by atoms with van der Waals surface area (Å²) < 4.78 is 6.10. The Morgan fingerprint density at radius 2 is 1.93 bits per heavy atom. The highest BCUT2D eigenvalue weighted by molar-refractivity contribution is 14.0. The van der Waals surface area contributed by atoms with Gasteiger partial charge in [-0.25, -0.2) is 4.98 Å². The zero-order valence-corrected chi connectivity index (χ0v) is 19.6. The summed E-state index contributed by atoms with van der Waals surface area (Å²) in [5.41, 5.74) is -0.0296. The van der Waals surface area contributed by atoms with Crippen molar-refractivity contribution in [2.75, 3.05) is 13.6 Å². The number of guanidine groups is 1. The number of aliphatic imine (C=N–C) groups is 1. The van der Waals surface area contributed by atoms with Gasteiger partial charge < -0.3 is 15.1 Å². The highest BCUT2D eigenvalue weighted by Gasteiger charge is 2.43. The first-order valence-corrected chi connectivity index (χ1v) is 9.86. The molecular weight excluding hydrogens is 471 g/mol. The smallest absolute Gasteiger partial charge is 0.213 e. The molecule has 1 heterocycles. The van der Waals surface area contributed by atoms with E-state index in [9.17, 15) is 0 Å². The number of benzene rings is 1. The predicted molar refractivity (Wildman–Crippen MR) is 123 cm³/mol. The Kier molecular flexibility index (Phi) is 7.62. The molecular formula is C20H29IN4OS. The summed E-state index contributed by atoms with van der Waals surface area (Å²) in [5.74, 6) is 2.35. The molecule has 1 saturated carbocycles. The quantitative estimate of drug-likeness (QED) is 0.346. The van der Waals surface area contributed by atoms with Crippen molar-refractivity contribution in [2.45, 2.75) is 55.2 Å². The SMILES string of the molecule is CN=C(NCc1ncc(C(C)(C)C)o1)NCC1(Sc2ccccc2)CC1.I. The number of aromatic nitrogens is 1. The van der Waals surface area contributed by atoms with Crippen molar-refractivity contribution in [3.8, 4) is 0 Å². The van der Waals surface area contributed by atoms with Gasteiger partial charge in [-0.1, -0.05) is 39.0 Å². The van der Waals surface area contributed by atoms with E-state index < -0.39 is 0 Å². The monoisotopic (exact) mass is 500 g/mol. The van der Waals surface area contributed by atoms with Gasteiger partial charge in [-0.05, 0) is 25.0 Å². The van der Waals surface area contributed by atoms with E-state index in [1.807, 2.05) is 18.0 Å². The van der Waals surface area contributed by atoms with Crippen molar-refractivity contribution in [1.82, 2.24) is 15.6 Å². The van der Waals surface area contributed by atoms with Gasteiger partial charge in [0.2, 0.25) is 5.89 Å². The van der Waals surface area contributed by atoms with Crippen LogP contribution in [0, 0.1) is 0 Å². The molecule has 2 N–H and O–H groups in total.